The van der Waals surface area contributed by atoms with Crippen LogP contribution in [0.3, 0.4) is 0 Å². The molecule has 0 bridgehead atoms. The molecule has 0 aromatic heterocycles. The lowest BCUT2D eigenvalue weighted by atomic mass is 10.2. The quantitative estimate of drug-likeness (QED) is 0.644. The molecule has 132 valence electrons. The van der Waals surface area contributed by atoms with Gasteiger partial charge in [0.15, 0.2) is 0 Å². The SMILES string of the molecule is CC1=CN([C@H]2CC[C@@H](COP(=O)([O-])OC(C)C)O2)C(O)NC1=O. The summed E-state index contributed by atoms with van der Waals surface area (Å²) in [6.07, 6.45) is 0.0944. The van der Waals surface area contributed by atoms with E-state index in [1.807, 2.05) is 0 Å². The van der Waals surface area contributed by atoms with Crippen LogP contribution in [-0.2, 0) is 23.1 Å². The molecule has 4 atom stereocenters. The molecule has 2 heterocycles. The molecule has 2 aliphatic rings. The number of nitrogens with zero attached hydrogens (tertiary/aromatic N) is 1. The number of nitrogens with one attached hydrogen (secondary N) is 1. The fourth-order valence-electron chi connectivity index (χ4n) is 2.39. The molecule has 0 aromatic rings. The van der Waals surface area contributed by atoms with Crippen molar-refractivity contribution >= 4 is 13.7 Å². The fraction of sp³-hybridized carbons (Fsp3) is 0.769. The van der Waals surface area contributed by atoms with Crippen LogP contribution in [0.25, 0.3) is 0 Å². The van der Waals surface area contributed by atoms with Crippen molar-refractivity contribution in [2.75, 3.05) is 6.61 Å². The molecule has 0 radical (unpaired) electrons. The molecule has 1 amide bonds. The Balaban J connectivity index is 1.87. The van der Waals surface area contributed by atoms with Crippen LogP contribution in [0.5, 0.6) is 0 Å². The number of aliphatic hydroxyl groups excluding tert-OH is 1. The Morgan fingerprint density at radius 2 is 2.26 bits per heavy atom. The molecule has 0 aliphatic carbocycles. The second-order valence-corrected chi connectivity index (χ2v) is 7.16. The van der Waals surface area contributed by atoms with Gasteiger partial charge in [0.1, 0.15) is 6.23 Å². The second-order valence-electron chi connectivity index (χ2n) is 5.79. The monoisotopic (exact) mass is 349 g/mol. The van der Waals surface area contributed by atoms with Crippen LogP contribution < -0.4 is 10.2 Å². The zero-order chi connectivity index (χ0) is 17.2. The Hall–Kier alpha value is -0.960. The van der Waals surface area contributed by atoms with E-state index in [4.69, 9.17) is 13.8 Å². The largest absolute Gasteiger partial charge is 0.756 e. The number of hydrogen-bond acceptors (Lipinski definition) is 8. The molecule has 1 fully saturated rings. The Morgan fingerprint density at radius 3 is 2.91 bits per heavy atom. The van der Waals surface area contributed by atoms with Crippen LogP contribution in [0.4, 0.5) is 0 Å². The minimum Gasteiger partial charge on any atom is -0.756 e. The van der Waals surface area contributed by atoms with Crippen LogP contribution >= 0.6 is 7.82 Å². The maximum atomic E-state index is 11.5. The first-order chi connectivity index (χ1) is 10.7. The molecule has 2 unspecified atom stereocenters. The summed E-state index contributed by atoms with van der Waals surface area (Å²) in [4.78, 5) is 24.4. The number of carbonyl (C=O) groups is 1. The van der Waals surface area contributed by atoms with Crippen molar-refractivity contribution in [3.05, 3.63) is 11.8 Å². The van der Waals surface area contributed by atoms with E-state index < -0.39 is 32.6 Å². The molecule has 10 heteroatoms. The van der Waals surface area contributed by atoms with Gasteiger partial charge in [-0.1, -0.05) is 0 Å². The topological polar surface area (TPSA) is 120 Å². The van der Waals surface area contributed by atoms with Crippen molar-refractivity contribution in [3.8, 4) is 0 Å². The third kappa shape index (κ3) is 5.00. The average molecular weight is 349 g/mol. The van der Waals surface area contributed by atoms with Crippen LogP contribution in [0.1, 0.15) is 33.6 Å². The molecule has 1 saturated heterocycles. The molecule has 2 rings (SSSR count). The number of carbonyl (C=O) groups excluding carboxylic acids is 1. The lowest BCUT2D eigenvalue weighted by molar-refractivity contribution is -0.231. The lowest BCUT2D eigenvalue weighted by Gasteiger charge is -2.35. The standard InChI is InChI=1S/C13H23N2O7P/c1-8(2)22-23(18,19)20-7-10-4-5-11(21-10)15-6-9(3)12(16)14-13(15)17/h6,8,10-11,13,17H,4-5,7H2,1-3H3,(H,14,16)(H,18,19)/p-1/t10-,11+,13?/m0/s1. The Bertz CT molecular complexity index is 524. The molecule has 23 heavy (non-hydrogen) atoms. The first-order valence-electron chi connectivity index (χ1n) is 7.42. The van der Waals surface area contributed by atoms with Gasteiger partial charge in [0.2, 0.25) is 6.35 Å². The number of hydrogen-bond donors (Lipinski definition) is 2. The molecule has 0 aromatic carbocycles. The Labute approximate surface area is 134 Å². The zero-order valence-electron chi connectivity index (χ0n) is 13.3. The van der Waals surface area contributed by atoms with Gasteiger partial charge in [-0.3, -0.25) is 9.36 Å². The third-order valence-corrected chi connectivity index (χ3v) is 4.56. The highest BCUT2D eigenvalue weighted by Crippen LogP contribution is 2.40. The highest BCUT2D eigenvalue weighted by atomic mass is 31.2. The summed E-state index contributed by atoms with van der Waals surface area (Å²) in [5, 5.41) is 12.3. The van der Waals surface area contributed by atoms with Gasteiger partial charge in [-0.15, -0.1) is 0 Å². The number of phosphoric ester groups is 1. The Kier molecular flexibility index (Phi) is 5.83. The summed E-state index contributed by atoms with van der Waals surface area (Å²) >= 11 is 0. The highest BCUT2D eigenvalue weighted by Gasteiger charge is 2.35. The minimum absolute atomic E-state index is 0.150. The molecule has 9 nitrogen and oxygen atoms in total. The predicted molar refractivity (Wildman–Crippen MR) is 77.4 cm³/mol. The fourth-order valence-corrected chi connectivity index (χ4v) is 3.32. The summed E-state index contributed by atoms with van der Waals surface area (Å²) in [5.74, 6) is -0.343. The van der Waals surface area contributed by atoms with Crippen molar-refractivity contribution in [1.29, 1.82) is 0 Å². The van der Waals surface area contributed by atoms with E-state index >= 15 is 0 Å². The van der Waals surface area contributed by atoms with Gasteiger partial charge >= 0.3 is 0 Å². The summed E-state index contributed by atoms with van der Waals surface area (Å²) < 4.78 is 26.7. The number of rotatable bonds is 6. The van der Waals surface area contributed by atoms with E-state index in [1.165, 1.54) is 11.1 Å². The number of phosphoric acid groups is 1. The van der Waals surface area contributed by atoms with E-state index in [-0.39, 0.29) is 12.5 Å². The predicted octanol–water partition coefficient (Wildman–Crippen LogP) is 0.0130. The summed E-state index contributed by atoms with van der Waals surface area (Å²) in [6.45, 7) is 4.66. The van der Waals surface area contributed by atoms with Crippen LogP contribution in [0.15, 0.2) is 11.8 Å². The van der Waals surface area contributed by atoms with Crippen molar-refractivity contribution < 1.29 is 33.1 Å². The molecular weight excluding hydrogens is 327 g/mol. The van der Waals surface area contributed by atoms with Gasteiger partial charge in [0, 0.05) is 11.8 Å². The van der Waals surface area contributed by atoms with E-state index in [0.717, 1.165) is 0 Å². The van der Waals surface area contributed by atoms with Gasteiger partial charge in [-0.2, -0.15) is 0 Å². The second kappa shape index (κ2) is 7.29. The summed E-state index contributed by atoms with van der Waals surface area (Å²) in [5.41, 5.74) is 0.452. The van der Waals surface area contributed by atoms with Crippen LogP contribution in [0.2, 0.25) is 0 Å². The van der Waals surface area contributed by atoms with Crippen LogP contribution in [0, 0.1) is 0 Å². The zero-order valence-corrected chi connectivity index (χ0v) is 14.2. The number of amides is 1. The average Bonchev–Trinajstić information content (AvgIpc) is 2.88. The van der Waals surface area contributed by atoms with Gasteiger partial charge in [0.25, 0.3) is 13.7 Å². The van der Waals surface area contributed by atoms with Crippen LogP contribution in [-0.4, -0.2) is 47.3 Å². The summed E-state index contributed by atoms with van der Waals surface area (Å²) in [6, 6.07) is 0. The van der Waals surface area contributed by atoms with Gasteiger partial charge in [-0.25, -0.2) is 0 Å². The normalized spacial score (nSPS) is 31.0. The summed E-state index contributed by atoms with van der Waals surface area (Å²) in [7, 11) is -4.35. The van der Waals surface area contributed by atoms with Crippen molar-refractivity contribution in [2.24, 2.45) is 0 Å². The maximum Gasteiger partial charge on any atom is 0.268 e. The first-order valence-corrected chi connectivity index (χ1v) is 8.88. The van der Waals surface area contributed by atoms with Gasteiger partial charge in [-0.05, 0) is 33.6 Å². The molecular formula is C13H22N2O7P-. The smallest absolute Gasteiger partial charge is 0.268 e. The highest BCUT2D eigenvalue weighted by molar-refractivity contribution is 7.45. The third-order valence-electron chi connectivity index (χ3n) is 3.42. The minimum atomic E-state index is -4.35. The lowest BCUT2D eigenvalue weighted by Crippen LogP contribution is -2.53. The van der Waals surface area contributed by atoms with Gasteiger partial charge < -0.3 is 34.0 Å². The van der Waals surface area contributed by atoms with E-state index in [2.05, 4.69) is 5.32 Å². The maximum absolute atomic E-state index is 11.5. The molecule has 2 aliphatic heterocycles. The van der Waals surface area contributed by atoms with E-state index in [0.29, 0.717) is 18.4 Å². The van der Waals surface area contributed by atoms with Gasteiger partial charge in [0.05, 0.1) is 18.8 Å². The van der Waals surface area contributed by atoms with E-state index in [9.17, 15) is 19.4 Å². The number of aliphatic hydroxyl groups is 1. The van der Waals surface area contributed by atoms with Crippen molar-refractivity contribution in [3.63, 3.8) is 0 Å². The van der Waals surface area contributed by atoms with Crippen molar-refractivity contribution in [2.45, 2.75) is 58.4 Å². The van der Waals surface area contributed by atoms with E-state index in [1.54, 1.807) is 20.8 Å². The number of ether oxygens (including phenoxy) is 1. The first kappa shape index (κ1) is 18.4. The molecule has 0 spiro atoms. The molecule has 0 saturated carbocycles. The van der Waals surface area contributed by atoms with Crippen molar-refractivity contribution in [1.82, 2.24) is 10.2 Å². The Morgan fingerprint density at radius 1 is 1.57 bits per heavy atom. The molecule has 2 N–H and O–H groups in total.